The lowest BCUT2D eigenvalue weighted by Gasteiger charge is -2.34. The summed E-state index contributed by atoms with van der Waals surface area (Å²) in [7, 11) is 0. The molecule has 1 unspecified atom stereocenters. The lowest BCUT2D eigenvalue weighted by molar-refractivity contribution is -0.138. The fourth-order valence-electron chi connectivity index (χ4n) is 1.56. The first-order chi connectivity index (χ1) is 5.99. The molecule has 0 aromatic carbocycles. The van der Waals surface area contributed by atoms with Crippen molar-refractivity contribution in [2.75, 3.05) is 6.61 Å². The summed E-state index contributed by atoms with van der Waals surface area (Å²) >= 11 is 0. The van der Waals surface area contributed by atoms with Crippen LogP contribution in [0.25, 0.3) is 0 Å². The van der Waals surface area contributed by atoms with Crippen LogP contribution in [0.1, 0.15) is 39.5 Å². The summed E-state index contributed by atoms with van der Waals surface area (Å²) in [5.74, 6) is -0.728. The minimum absolute atomic E-state index is 0.170. The second-order valence-electron chi connectivity index (χ2n) is 4.57. The molecule has 76 valence electrons. The SMILES string of the molecule is CC1(C)CCC(CCC(=O)O)OC1. The Kier molecular flexibility index (Phi) is 3.31. The highest BCUT2D eigenvalue weighted by Crippen LogP contribution is 2.31. The monoisotopic (exact) mass is 186 g/mol. The van der Waals surface area contributed by atoms with Crippen molar-refractivity contribution in [3.05, 3.63) is 0 Å². The second-order valence-corrected chi connectivity index (χ2v) is 4.57. The first-order valence-corrected chi connectivity index (χ1v) is 4.83. The molecule has 1 fully saturated rings. The van der Waals surface area contributed by atoms with Crippen molar-refractivity contribution in [2.24, 2.45) is 5.41 Å². The van der Waals surface area contributed by atoms with Crippen molar-refractivity contribution < 1.29 is 14.6 Å². The quantitative estimate of drug-likeness (QED) is 0.733. The van der Waals surface area contributed by atoms with Gasteiger partial charge in [0.2, 0.25) is 0 Å². The van der Waals surface area contributed by atoms with Crippen LogP contribution in [-0.2, 0) is 9.53 Å². The van der Waals surface area contributed by atoms with Crippen molar-refractivity contribution in [1.82, 2.24) is 0 Å². The average molecular weight is 186 g/mol. The number of aliphatic carboxylic acids is 1. The van der Waals surface area contributed by atoms with Crippen LogP contribution in [0.15, 0.2) is 0 Å². The van der Waals surface area contributed by atoms with Gasteiger partial charge in [-0.05, 0) is 24.7 Å². The zero-order valence-corrected chi connectivity index (χ0v) is 8.38. The van der Waals surface area contributed by atoms with E-state index in [1.54, 1.807) is 0 Å². The van der Waals surface area contributed by atoms with E-state index in [1.807, 2.05) is 0 Å². The molecule has 1 N–H and O–H groups in total. The van der Waals surface area contributed by atoms with Gasteiger partial charge < -0.3 is 9.84 Å². The highest BCUT2D eigenvalue weighted by Gasteiger charge is 2.27. The molecule has 1 aliphatic rings. The van der Waals surface area contributed by atoms with Gasteiger partial charge in [-0.2, -0.15) is 0 Å². The smallest absolute Gasteiger partial charge is 0.303 e. The first kappa shape index (κ1) is 10.5. The number of hydrogen-bond donors (Lipinski definition) is 1. The Balaban J connectivity index is 2.21. The fourth-order valence-corrected chi connectivity index (χ4v) is 1.56. The zero-order valence-electron chi connectivity index (χ0n) is 8.38. The molecular weight excluding hydrogens is 168 g/mol. The number of carboxylic acid groups (broad SMARTS) is 1. The van der Waals surface area contributed by atoms with Crippen molar-refractivity contribution >= 4 is 5.97 Å². The van der Waals surface area contributed by atoms with E-state index in [2.05, 4.69) is 13.8 Å². The molecule has 0 aromatic rings. The first-order valence-electron chi connectivity index (χ1n) is 4.83. The van der Waals surface area contributed by atoms with Crippen LogP contribution in [0.3, 0.4) is 0 Å². The third-order valence-electron chi connectivity index (χ3n) is 2.53. The van der Waals surface area contributed by atoms with Gasteiger partial charge in [-0.25, -0.2) is 0 Å². The number of carbonyl (C=O) groups is 1. The van der Waals surface area contributed by atoms with Gasteiger partial charge in [0.05, 0.1) is 12.7 Å². The molecular formula is C10H18O3. The maximum Gasteiger partial charge on any atom is 0.303 e. The molecule has 1 saturated heterocycles. The van der Waals surface area contributed by atoms with Gasteiger partial charge in [0, 0.05) is 6.42 Å². The van der Waals surface area contributed by atoms with Crippen LogP contribution in [-0.4, -0.2) is 23.8 Å². The summed E-state index contributed by atoms with van der Waals surface area (Å²) in [6.45, 7) is 5.12. The third-order valence-corrected chi connectivity index (χ3v) is 2.53. The van der Waals surface area contributed by atoms with Gasteiger partial charge in [0.25, 0.3) is 0 Å². The molecule has 3 heteroatoms. The summed E-state index contributed by atoms with van der Waals surface area (Å²) in [6.07, 6.45) is 3.19. The Morgan fingerprint density at radius 3 is 2.77 bits per heavy atom. The Labute approximate surface area is 79.1 Å². The third kappa shape index (κ3) is 3.77. The molecule has 0 aliphatic carbocycles. The summed E-state index contributed by atoms with van der Waals surface area (Å²) in [5, 5.41) is 8.49. The van der Waals surface area contributed by atoms with Crippen LogP contribution in [0.5, 0.6) is 0 Å². The normalized spacial score (nSPS) is 27.1. The molecule has 1 rings (SSSR count). The van der Waals surface area contributed by atoms with E-state index in [4.69, 9.17) is 9.84 Å². The standard InChI is InChI=1S/C10H18O3/c1-10(2)6-5-8(13-7-10)3-4-9(11)12/h8H,3-7H2,1-2H3,(H,11,12). The van der Waals surface area contributed by atoms with E-state index < -0.39 is 5.97 Å². The second kappa shape index (κ2) is 4.09. The Morgan fingerprint density at radius 1 is 1.62 bits per heavy atom. The molecule has 1 heterocycles. The van der Waals surface area contributed by atoms with Crippen LogP contribution in [0, 0.1) is 5.41 Å². The molecule has 0 radical (unpaired) electrons. The van der Waals surface area contributed by atoms with Gasteiger partial charge in [0.1, 0.15) is 0 Å². The van der Waals surface area contributed by atoms with E-state index in [9.17, 15) is 4.79 Å². The zero-order chi connectivity index (χ0) is 9.90. The van der Waals surface area contributed by atoms with Gasteiger partial charge in [-0.15, -0.1) is 0 Å². The Morgan fingerprint density at radius 2 is 2.31 bits per heavy atom. The van der Waals surface area contributed by atoms with Gasteiger partial charge >= 0.3 is 5.97 Å². The van der Waals surface area contributed by atoms with Crippen LogP contribution in [0.2, 0.25) is 0 Å². The molecule has 0 saturated carbocycles. The minimum Gasteiger partial charge on any atom is -0.481 e. The summed E-state index contributed by atoms with van der Waals surface area (Å²) in [6, 6.07) is 0. The maximum absolute atomic E-state index is 10.3. The molecule has 0 bridgehead atoms. The maximum atomic E-state index is 10.3. The van der Waals surface area contributed by atoms with Crippen LogP contribution < -0.4 is 0 Å². The van der Waals surface area contributed by atoms with Crippen LogP contribution in [0.4, 0.5) is 0 Å². The van der Waals surface area contributed by atoms with E-state index in [0.717, 1.165) is 19.4 Å². The van der Waals surface area contributed by atoms with Gasteiger partial charge in [-0.1, -0.05) is 13.8 Å². The van der Waals surface area contributed by atoms with E-state index in [0.29, 0.717) is 6.42 Å². The minimum atomic E-state index is -0.728. The van der Waals surface area contributed by atoms with Crippen molar-refractivity contribution in [3.63, 3.8) is 0 Å². The molecule has 0 aromatic heterocycles. The number of rotatable bonds is 3. The molecule has 0 spiro atoms. The molecule has 1 aliphatic heterocycles. The lowest BCUT2D eigenvalue weighted by Crippen LogP contribution is -2.31. The molecule has 13 heavy (non-hydrogen) atoms. The predicted molar refractivity (Wildman–Crippen MR) is 49.6 cm³/mol. The average Bonchev–Trinajstić information content (AvgIpc) is 2.02. The van der Waals surface area contributed by atoms with E-state index in [-0.39, 0.29) is 17.9 Å². The Bertz CT molecular complexity index is 177. The Hall–Kier alpha value is -0.570. The lowest BCUT2D eigenvalue weighted by atomic mass is 9.84. The molecule has 3 nitrogen and oxygen atoms in total. The van der Waals surface area contributed by atoms with Crippen molar-refractivity contribution in [2.45, 2.75) is 45.6 Å². The number of hydrogen-bond acceptors (Lipinski definition) is 2. The number of ether oxygens (including phenoxy) is 1. The summed E-state index contributed by atoms with van der Waals surface area (Å²) in [4.78, 5) is 10.3. The topological polar surface area (TPSA) is 46.5 Å². The van der Waals surface area contributed by atoms with Crippen LogP contribution >= 0.6 is 0 Å². The highest BCUT2D eigenvalue weighted by atomic mass is 16.5. The van der Waals surface area contributed by atoms with E-state index in [1.165, 1.54) is 0 Å². The van der Waals surface area contributed by atoms with Crippen molar-refractivity contribution in [3.8, 4) is 0 Å². The summed E-state index contributed by atoms with van der Waals surface area (Å²) in [5.41, 5.74) is 0.278. The molecule has 1 atom stereocenters. The van der Waals surface area contributed by atoms with Gasteiger partial charge in [-0.3, -0.25) is 4.79 Å². The van der Waals surface area contributed by atoms with Gasteiger partial charge in [0.15, 0.2) is 0 Å². The largest absolute Gasteiger partial charge is 0.481 e. The molecule has 0 amide bonds. The van der Waals surface area contributed by atoms with E-state index >= 15 is 0 Å². The van der Waals surface area contributed by atoms with Crippen molar-refractivity contribution in [1.29, 1.82) is 0 Å². The number of carboxylic acids is 1. The predicted octanol–water partition coefficient (Wildman–Crippen LogP) is 2.06. The fraction of sp³-hybridized carbons (Fsp3) is 0.900. The highest BCUT2D eigenvalue weighted by molar-refractivity contribution is 5.66. The summed E-state index contributed by atoms with van der Waals surface area (Å²) < 4.78 is 5.58.